The lowest BCUT2D eigenvalue weighted by Crippen LogP contribution is -2.21. The van der Waals surface area contributed by atoms with Gasteiger partial charge in [-0.15, -0.1) is 0 Å². The summed E-state index contributed by atoms with van der Waals surface area (Å²) in [6.07, 6.45) is 3.39. The Morgan fingerprint density at radius 1 is 1.50 bits per heavy atom. The molecule has 2 heterocycles. The third-order valence-corrected chi connectivity index (χ3v) is 3.17. The highest BCUT2D eigenvalue weighted by molar-refractivity contribution is 6.34. The summed E-state index contributed by atoms with van der Waals surface area (Å²) in [6, 6.07) is 1.87. The highest BCUT2D eigenvalue weighted by atomic mass is 35.5. The number of imidazole rings is 1. The fourth-order valence-corrected chi connectivity index (χ4v) is 2.25. The van der Waals surface area contributed by atoms with Gasteiger partial charge in [0.25, 0.3) is 0 Å². The molecule has 86 valence electrons. The molecular formula is C11H14ClN3O. The van der Waals surface area contributed by atoms with Crippen LogP contribution in [-0.4, -0.2) is 14.5 Å². The molecule has 0 saturated heterocycles. The van der Waals surface area contributed by atoms with Gasteiger partial charge < -0.3 is 0 Å². The molecular weight excluding hydrogens is 226 g/mol. The zero-order valence-corrected chi connectivity index (χ0v) is 10.1. The van der Waals surface area contributed by atoms with E-state index in [9.17, 15) is 4.79 Å². The largest absolute Gasteiger partial charge is 0.327 e. The number of hydrogen-bond donors (Lipinski definition) is 1. The average molecular weight is 240 g/mol. The number of nitrogens with zero attached hydrogens (tertiary/aromatic N) is 2. The maximum absolute atomic E-state index is 11.9. The Morgan fingerprint density at radius 3 is 2.81 bits per heavy atom. The molecule has 0 atom stereocenters. The van der Waals surface area contributed by atoms with Crippen molar-refractivity contribution in [3.8, 4) is 0 Å². The van der Waals surface area contributed by atoms with Gasteiger partial charge in [0.15, 0.2) is 5.65 Å². The topological polar surface area (TPSA) is 50.7 Å². The lowest BCUT2D eigenvalue weighted by Gasteiger charge is -2.14. The van der Waals surface area contributed by atoms with Gasteiger partial charge in [-0.2, -0.15) is 0 Å². The number of hydrogen-bond acceptors (Lipinski definition) is 2. The van der Waals surface area contributed by atoms with Crippen LogP contribution in [0.3, 0.4) is 0 Å². The number of rotatable bonds is 3. The molecule has 0 aromatic carbocycles. The lowest BCUT2D eigenvalue weighted by atomic mass is 10.1. The Labute approximate surface area is 98.3 Å². The van der Waals surface area contributed by atoms with Crippen molar-refractivity contribution in [3.05, 3.63) is 27.8 Å². The van der Waals surface area contributed by atoms with Crippen molar-refractivity contribution >= 4 is 22.8 Å². The zero-order valence-electron chi connectivity index (χ0n) is 9.33. The van der Waals surface area contributed by atoms with Gasteiger partial charge in [-0.05, 0) is 18.9 Å². The highest BCUT2D eigenvalue weighted by Gasteiger charge is 2.16. The van der Waals surface area contributed by atoms with E-state index >= 15 is 0 Å². The predicted molar refractivity (Wildman–Crippen MR) is 65.0 cm³/mol. The smallest absolute Gasteiger partial charge is 0.290 e. The fraction of sp³-hybridized carbons (Fsp3) is 0.455. The second-order valence-electron chi connectivity index (χ2n) is 3.76. The van der Waals surface area contributed by atoms with Crippen molar-refractivity contribution in [2.24, 2.45) is 0 Å². The van der Waals surface area contributed by atoms with Crippen molar-refractivity contribution in [2.75, 3.05) is 0 Å². The average Bonchev–Trinajstić information content (AvgIpc) is 2.59. The van der Waals surface area contributed by atoms with Gasteiger partial charge in [-0.1, -0.05) is 25.4 Å². The Morgan fingerprint density at radius 2 is 2.19 bits per heavy atom. The van der Waals surface area contributed by atoms with Gasteiger partial charge in [0.1, 0.15) is 5.52 Å². The van der Waals surface area contributed by atoms with Crippen LogP contribution in [0.15, 0.2) is 17.1 Å². The van der Waals surface area contributed by atoms with Gasteiger partial charge in [-0.25, -0.2) is 9.78 Å². The van der Waals surface area contributed by atoms with Crippen molar-refractivity contribution in [1.29, 1.82) is 0 Å². The summed E-state index contributed by atoms with van der Waals surface area (Å²) in [5.74, 6) is 0. The molecule has 0 bridgehead atoms. The third kappa shape index (κ3) is 1.63. The van der Waals surface area contributed by atoms with Crippen molar-refractivity contribution in [2.45, 2.75) is 32.7 Å². The van der Waals surface area contributed by atoms with Gasteiger partial charge in [0.2, 0.25) is 0 Å². The van der Waals surface area contributed by atoms with E-state index in [-0.39, 0.29) is 11.7 Å². The second kappa shape index (κ2) is 4.29. The zero-order chi connectivity index (χ0) is 11.7. The number of nitrogens with one attached hydrogen (secondary N) is 1. The van der Waals surface area contributed by atoms with E-state index in [0.717, 1.165) is 12.8 Å². The Balaban J connectivity index is 2.77. The normalized spacial score (nSPS) is 11.5. The van der Waals surface area contributed by atoms with Crippen LogP contribution in [0.25, 0.3) is 11.2 Å². The van der Waals surface area contributed by atoms with E-state index in [1.54, 1.807) is 16.8 Å². The molecule has 0 amide bonds. The fourth-order valence-electron chi connectivity index (χ4n) is 2.02. The first kappa shape index (κ1) is 11.2. The summed E-state index contributed by atoms with van der Waals surface area (Å²) in [7, 11) is 0. The quantitative estimate of drug-likeness (QED) is 0.896. The number of aromatic amines is 1. The maximum atomic E-state index is 11.9. The number of halogens is 1. The lowest BCUT2D eigenvalue weighted by molar-refractivity contribution is 0.471. The van der Waals surface area contributed by atoms with Crippen LogP contribution in [0.2, 0.25) is 5.02 Å². The minimum absolute atomic E-state index is 0.135. The van der Waals surface area contributed by atoms with Crippen LogP contribution >= 0.6 is 11.6 Å². The monoisotopic (exact) mass is 239 g/mol. The van der Waals surface area contributed by atoms with Crippen LogP contribution in [0.5, 0.6) is 0 Å². The first-order chi connectivity index (χ1) is 7.69. The third-order valence-electron chi connectivity index (χ3n) is 2.87. The summed E-state index contributed by atoms with van der Waals surface area (Å²) in [6.45, 7) is 4.12. The van der Waals surface area contributed by atoms with E-state index < -0.39 is 0 Å². The SMILES string of the molecule is CCC(CC)n1c(=O)[nH]c2nccc(Cl)c21. The number of pyridine rings is 1. The van der Waals surface area contributed by atoms with Crippen LogP contribution in [0.4, 0.5) is 0 Å². The molecule has 4 nitrogen and oxygen atoms in total. The van der Waals surface area contributed by atoms with E-state index in [4.69, 9.17) is 11.6 Å². The molecule has 5 heteroatoms. The first-order valence-corrected chi connectivity index (χ1v) is 5.81. The van der Waals surface area contributed by atoms with Gasteiger partial charge in [0.05, 0.1) is 5.02 Å². The van der Waals surface area contributed by atoms with Crippen LogP contribution < -0.4 is 5.69 Å². The van der Waals surface area contributed by atoms with Crippen molar-refractivity contribution < 1.29 is 0 Å². The maximum Gasteiger partial charge on any atom is 0.327 e. The standard InChI is InChI=1S/C11H14ClN3O/c1-3-7(4-2)15-9-8(12)5-6-13-10(9)14-11(15)16/h5-7H,3-4H2,1-2H3,(H,13,14,16). The van der Waals surface area contributed by atoms with E-state index in [0.29, 0.717) is 16.2 Å². The molecule has 1 N–H and O–H groups in total. The Bertz CT molecular complexity index is 554. The molecule has 2 aromatic rings. The molecule has 2 aromatic heterocycles. The van der Waals surface area contributed by atoms with Gasteiger partial charge >= 0.3 is 5.69 Å². The van der Waals surface area contributed by atoms with Crippen molar-refractivity contribution in [1.82, 2.24) is 14.5 Å². The Kier molecular flexibility index (Phi) is 3.01. The second-order valence-corrected chi connectivity index (χ2v) is 4.17. The minimum atomic E-state index is -0.135. The molecule has 16 heavy (non-hydrogen) atoms. The number of aromatic nitrogens is 3. The van der Waals surface area contributed by atoms with Gasteiger partial charge in [0, 0.05) is 12.2 Å². The molecule has 0 spiro atoms. The summed E-state index contributed by atoms with van der Waals surface area (Å²) in [4.78, 5) is 18.7. The van der Waals surface area contributed by atoms with Crippen LogP contribution in [0, 0.1) is 0 Å². The van der Waals surface area contributed by atoms with E-state index in [1.807, 2.05) is 0 Å². The number of fused-ring (bicyclic) bond motifs is 1. The minimum Gasteiger partial charge on any atom is -0.290 e. The summed E-state index contributed by atoms with van der Waals surface area (Å²) < 4.78 is 1.71. The summed E-state index contributed by atoms with van der Waals surface area (Å²) >= 11 is 6.11. The molecule has 2 rings (SSSR count). The summed E-state index contributed by atoms with van der Waals surface area (Å²) in [5, 5.41) is 0.565. The first-order valence-electron chi connectivity index (χ1n) is 5.43. The Hall–Kier alpha value is -1.29. The number of H-pyrrole nitrogens is 1. The van der Waals surface area contributed by atoms with Crippen molar-refractivity contribution in [3.63, 3.8) is 0 Å². The molecule has 0 aliphatic heterocycles. The summed E-state index contributed by atoms with van der Waals surface area (Å²) in [5.41, 5.74) is 1.14. The molecule has 0 fully saturated rings. The molecule has 0 unspecified atom stereocenters. The molecule has 0 aliphatic carbocycles. The molecule has 0 saturated carbocycles. The van der Waals surface area contributed by atoms with Crippen LogP contribution in [-0.2, 0) is 0 Å². The predicted octanol–water partition coefficient (Wildman–Crippen LogP) is 2.74. The molecule has 0 aliphatic rings. The van der Waals surface area contributed by atoms with Crippen LogP contribution in [0.1, 0.15) is 32.7 Å². The molecule has 0 radical (unpaired) electrons. The highest BCUT2D eigenvalue weighted by Crippen LogP contribution is 2.24. The van der Waals surface area contributed by atoms with Gasteiger partial charge in [-0.3, -0.25) is 9.55 Å². The van der Waals surface area contributed by atoms with E-state index in [2.05, 4.69) is 23.8 Å². The van der Waals surface area contributed by atoms with E-state index in [1.165, 1.54) is 0 Å².